The third kappa shape index (κ3) is 2.59. The molecule has 0 radical (unpaired) electrons. The van der Waals surface area contributed by atoms with Crippen LogP contribution >= 0.6 is 15.9 Å². The number of para-hydroxylation sites is 1. The van der Waals surface area contributed by atoms with E-state index in [1.165, 1.54) is 4.90 Å². The first-order valence-corrected chi connectivity index (χ1v) is 11.2. The average Bonchev–Trinajstić information content (AvgIpc) is 3.19. The van der Waals surface area contributed by atoms with Crippen LogP contribution in [0, 0.1) is 0 Å². The summed E-state index contributed by atoms with van der Waals surface area (Å²) in [6.45, 7) is 2.95. The molecule has 0 N–H and O–H groups in total. The second kappa shape index (κ2) is 7.56. The Hall–Kier alpha value is -2.97. The number of carbonyl (C=O) groups excluding carboxylic acids is 2. The summed E-state index contributed by atoms with van der Waals surface area (Å²) in [5.41, 5.74) is -0.191. The molecule has 1 spiro atoms. The highest BCUT2D eigenvalue weighted by Gasteiger charge is 2.64. The molecule has 2 aliphatic rings. The van der Waals surface area contributed by atoms with E-state index in [0.717, 1.165) is 0 Å². The standard InChI is InChI=1S/C24H21BrN2O5/c1-3-26-17-8-5-4-7-16(17)24(23(26)30)19-20(28)15-13-14(25)9-10-18(15)32-21(19)22(29)27(24)11-6-12-31-2/h4-5,7-10,13H,3,6,11-12H2,1-2H3. The van der Waals surface area contributed by atoms with Crippen molar-refractivity contribution in [2.75, 3.05) is 31.7 Å². The molecule has 8 heteroatoms. The molecule has 2 amide bonds. The van der Waals surface area contributed by atoms with Crippen LogP contribution in [0.25, 0.3) is 11.0 Å². The highest BCUT2D eigenvalue weighted by Crippen LogP contribution is 2.52. The van der Waals surface area contributed by atoms with Gasteiger partial charge >= 0.3 is 0 Å². The zero-order valence-electron chi connectivity index (χ0n) is 17.7. The van der Waals surface area contributed by atoms with E-state index in [4.69, 9.17) is 9.15 Å². The van der Waals surface area contributed by atoms with E-state index in [1.54, 1.807) is 30.2 Å². The minimum atomic E-state index is -1.55. The molecule has 0 saturated heterocycles. The number of fused-ring (bicyclic) bond motifs is 5. The topological polar surface area (TPSA) is 80.1 Å². The molecule has 0 bridgehead atoms. The molecule has 0 fully saturated rings. The average molecular weight is 497 g/mol. The van der Waals surface area contributed by atoms with E-state index in [2.05, 4.69) is 15.9 Å². The highest BCUT2D eigenvalue weighted by atomic mass is 79.9. The molecule has 5 rings (SSSR count). The number of ether oxygens (including phenoxy) is 1. The molecule has 1 unspecified atom stereocenters. The first kappa shape index (κ1) is 20.9. The maximum atomic E-state index is 14.0. The Kier molecular flexibility index (Phi) is 4.94. The SMILES string of the molecule is CCN1C(=O)C2(c3ccccc31)c1c(oc3ccc(Br)cc3c1=O)C(=O)N2CCCOC. The number of methoxy groups -OCH3 is 1. The van der Waals surface area contributed by atoms with E-state index in [1.807, 2.05) is 31.2 Å². The smallest absolute Gasteiger partial charge is 0.291 e. The van der Waals surface area contributed by atoms with E-state index in [-0.39, 0.29) is 29.2 Å². The molecular formula is C24H21BrN2O5. The van der Waals surface area contributed by atoms with Crippen molar-refractivity contribution < 1.29 is 18.7 Å². The number of likely N-dealkylation sites (N-methyl/N-ethyl adjacent to an activating group) is 1. The summed E-state index contributed by atoms with van der Waals surface area (Å²) in [7, 11) is 1.58. The van der Waals surface area contributed by atoms with Gasteiger partial charge in [-0.25, -0.2) is 0 Å². The number of amides is 2. The molecule has 3 aromatic rings. The number of anilines is 1. The fraction of sp³-hybridized carbons (Fsp3) is 0.292. The van der Waals surface area contributed by atoms with Gasteiger partial charge in [-0.3, -0.25) is 14.4 Å². The quantitative estimate of drug-likeness (QED) is 0.503. The second-order valence-corrected chi connectivity index (χ2v) is 8.77. The van der Waals surface area contributed by atoms with Crippen molar-refractivity contribution in [3.8, 4) is 0 Å². The summed E-state index contributed by atoms with van der Waals surface area (Å²) in [5, 5.41) is 0.323. The molecular weight excluding hydrogens is 476 g/mol. The van der Waals surface area contributed by atoms with E-state index < -0.39 is 11.4 Å². The monoisotopic (exact) mass is 496 g/mol. The van der Waals surface area contributed by atoms with Gasteiger partial charge in [-0.05, 0) is 37.6 Å². The molecule has 164 valence electrons. The summed E-state index contributed by atoms with van der Waals surface area (Å²) < 4.78 is 11.9. The number of halogens is 1. The molecule has 7 nitrogen and oxygen atoms in total. The lowest BCUT2D eigenvalue weighted by Crippen LogP contribution is -2.53. The van der Waals surface area contributed by atoms with Crippen molar-refractivity contribution in [1.29, 1.82) is 0 Å². The van der Waals surface area contributed by atoms with Gasteiger partial charge in [0.25, 0.3) is 11.8 Å². The van der Waals surface area contributed by atoms with Crippen LogP contribution in [0.4, 0.5) is 5.69 Å². The Labute approximate surface area is 192 Å². The number of hydrogen-bond acceptors (Lipinski definition) is 5. The fourth-order valence-corrected chi connectivity index (χ4v) is 5.31. The van der Waals surface area contributed by atoms with Gasteiger partial charge in [0.05, 0.1) is 16.6 Å². The van der Waals surface area contributed by atoms with E-state index in [0.29, 0.717) is 46.3 Å². The molecule has 2 aliphatic heterocycles. The summed E-state index contributed by atoms with van der Waals surface area (Å²) in [6.07, 6.45) is 0.513. The number of benzene rings is 2. The predicted molar refractivity (Wildman–Crippen MR) is 123 cm³/mol. The molecule has 3 heterocycles. The van der Waals surface area contributed by atoms with Gasteiger partial charge in [-0.1, -0.05) is 34.1 Å². The van der Waals surface area contributed by atoms with Gasteiger partial charge in [-0.2, -0.15) is 0 Å². The number of hydrogen-bond donors (Lipinski definition) is 0. The highest BCUT2D eigenvalue weighted by molar-refractivity contribution is 9.10. The van der Waals surface area contributed by atoms with Gasteiger partial charge in [0.1, 0.15) is 5.58 Å². The Morgan fingerprint density at radius 2 is 1.91 bits per heavy atom. The Morgan fingerprint density at radius 3 is 2.66 bits per heavy atom. The van der Waals surface area contributed by atoms with Crippen molar-refractivity contribution in [1.82, 2.24) is 4.90 Å². The largest absolute Gasteiger partial charge is 0.450 e. The van der Waals surface area contributed by atoms with Gasteiger partial charge in [0, 0.05) is 36.8 Å². The zero-order chi connectivity index (χ0) is 22.6. The van der Waals surface area contributed by atoms with Gasteiger partial charge < -0.3 is 19.0 Å². The normalized spacial score (nSPS) is 19.3. The third-order valence-electron chi connectivity index (χ3n) is 6.24. The first-order valence-electron chi connectivity index (χ1n) is 10.5. The van der Waals surface area contributed by atoms with Crippen molar-refractivity contribution in [2.45, 2.75) is 18.9 Å². The van der Waals surface area contributed by atoms with Crippen LogP contribution in [-0.4, -0.2) is 43.5 Å². The molecule has 1 atom stereocenters. The van der Waals surface area contributed by atoms with Crippen molar-refractivity contribution >= 4 is 44.4 Å². The fourth-order valence-electron chi connectivity index (χ4n) is 4.94. The number of carbonyl (C=O) groups is 2. The zero-order valence-corrected chi connectivity index (χ0v) is 19.3. The van der Waals surface area contributed by atoms with Gasteiger partial charge in [-0.15, -0.1) is 0 Å². The maximum Gasteiger partial charge on any atom is 0.291 e. The lowest BCUT2D eigenvalue weighted by atomic mass is 9.84. The second-order valence-electron chi connectivity index (χ2n) is 7.86. The first-order chi connectivity index (χ1) is 15.5. The maximum absolute atomic E-state index is 14.0. The number of rotatable bonds is 5. The van der Waals surface area contributed by atoms with Crippen LogP contribution in [0.1, 0.15) is 35.0 Å². The van der Waals surface area contributed by atoms with Crippen LogP contribution in [0.2, 0.25) is 0 Å². The summed E-state index contributed by atoms with van der Waals surface area (Å²) >= 11 is 3.40. The van der Waals surface area contributed by atoms with Crippen LogP contribution in [-0.2, 0) is 15.1 Å². The molecule has 0 saturated carbocycles. The van der Waals surface area contributed by atoms with Crippen LogP contribution in [0.15, 0.2) is 56.1 Å². The minimum Gasteiger partial charge on any atom is -0.450 e. The summed E-state index contributed by atoms with van der Waals surface area (Å²) in [5.74, 6) is -0.838. The third-order valence-corrected chi connectivity index (χ3v) is 6.74. The molecule has 0 aliphatic carbocycles. The van der Waals surface area contributed by atoms with Gasteiger partial charge in [0.15, 0.2) is 11.0 Å². The summed E-state index contributed by atoms with van der Waals surface area (Å²) in [6, 6.07) is 12.4. The van der Waals surface area contributed by atoms with Crippen molar-refractivity contribution in [3.63, 3.8) is 0 Å². The minimum absolute atomic E-state index is 0.0663. The van der Waals surface area contributed by atoms with Crippen LogP contribution < -0.4 is 10.3 Å². The van der Waals surface area contributed by atoms with Gasteiger partial charge in [0.2, 0.25) is 5.76 Å². The van der Waals surface area contributed by atoms with E-state index in [9.17, 15) is 14.4 Å². The Balaban J connectivity index is 1.88. The molecule has 2 aromatic carbocycles. The summed E-state index contributed by atoms with van der Waals surface area (Å²) in [4.78, 5) is 44.6. The van der Waals surface area contributed by atoms with Crippen LogP contribution in [0.5, 0.6) is 0 Å². The molecule has 32 heavy (non-hydrogen) atoms. The molecule has 1 aromatic heterocycles. The number of nitrogens with zero attached hydrogens (tertiary/aromatic N) is 2. The van der Waals surface area contributed by atoms with Crippen molar-refractivity contribution in [2.24, 2.45) is 0 Å². The lowest BCUT2D eigenvalue weighted by Gasteiger charge is -2.34. The predicted octanol–water partition coefficient (Wildman–Crippen LogP) is 3.66. The lowest BCUT2D eigenvalue weighted by molar-refractivity contribution is -0.126. The Morgan fingerprint density at radius 1 is 1.12 bits per heavy atom. The van der Waals surface area contributed by atoms with Crippen molar-refractivity contribution in [3.05, 3.63) is 74.0 Å². The Bertz CT molecular complexity index is 1330. The van der Waals surface area contributed by atoms with E-state index >= 15 is 0 Å². The van der Waals surface area contributed by atoms with Crippen LogP contribution in [0.3, 0.4) is 0 Å².